The molecule has 6 N–H and O–H groups in total. The average molecular weight is 1050 g/mol. The molecule has 75 heavy (non-hydrogen) atoms. The maximum atomic E-state index is 14.6. The molecule has 0 spiro atoms. The smallest absolute Gasteiger partial charge is 0.325 e. The first-order valence-electron chi connectivity index (χ1n) is 24.6. The molecular formula is C60H64N4O9S2. The van der Waals surface area contributed by atoms with Crippen LogP contribution < -0.4 is 21.3 Å². The van der Waals surface area contributed by atoms with Crippen LogP contribution in [0.3, 0.4) is 0 Å². The van der Waals surface area contributed by atoms with E-state index in [-0.39, 0.29) is 12.2 Å². The Kier molecular flexibility index (Phi) is 21.0. The molecule has 0 unspecified atom stereocenters. The summed E-state index contributed by atoms with van der Waals surface area (Å²) in [6.07, 6.45) is 1.35. The van der Waals surface area contributed by atoms with E-state index in [4.69, 9.17) is 0 Å². The monoisotopic (exact) mass is 1050 g/mol. The molecule has 0 bridgehead atoms. The maximum absolute atomic E-state index is 14.6. The van der Waals surface area contributed by atoms with Crippen molar-refractivity contribution in [2.45, 2.75) is 72.8 Å². The second-order valence-corrected chi connectivity index (χ2v) is 20.7. The van der Waals surface area contributed by atoms with Gasteiger partial charge in [0.2, 0.25) is 23.6 Å². The Morgan fingerprint density at radius 1 is 0.587 bits per heavy atom. The highest BCUT2D eigenvalue weighted by Gasteiger charge is 2.41. The summed E-state index contributed by atoms with van der Waals surface area (Å²) in [7, 11) is 1.18. The highest BCUT2D eigenvalue weighted by molar-refractivity contribution is 8.00. The minimum Gasteiger partial charge on any atom is -0.481 e. The van der Waals surface area contributed by atoms with Crippen LogP contribution in [-0.2, 0) is 43.0 Å². The lowest BCUT2D eigenvalue weighted by Crippen LogP contribution is -2.61. The number of esters is 1. The van der Waals surface area contributed by atoms with E-state index in [1.165, 1.54) is 38.8 Å². The van der Waals surface area contributed by atoms with E-state index in [9.17, 15) is 39.0 Å². The summed E-state index contributed by atoms with van der Waals surface area (Å²) < 4.78 is 3.17. The number of hydrogen-bond donors (Lipinski definition) is 6. The van der Waals surface area contributed by atoms with E-state index in [1.807, 2.05) is 152 Å². The summed E-state index contributed by atoms with van der Waals surface area (Å²) in [5, 5.41) is 31.4. The number of carbonyl (C=O) groups is 6. The summed E-state index contributed by atoms with van der Waals surface area (Å²) in [5.41, 5.74) is 4.35. The number of carboxylic acid groups (broad SMARTS) is 1. The Balaban J connectivity index is 1.21. The third kappa shape index (κ3) is 15.3. The topological polar surface area (TPSA) is 200 Å². The van der Waals surface area contributed by atoms with Gasteiger partial charge in [0.15, 0.2) is 0 Å². The number of aliphatic hydroxyl groups is 1. The zero-order chi connectivity index (χ0) is 53.7. The van der Waals surface area contributed by atoms with Gasteiger partial charge in [-0.15, -0.1) is 23.5 Å². The fourth-order valence-electron chi connectivity index (χ4n) is 8.68. The molecule has 6 aromatic rings. The summed E-state index contributed by atoms with van der Waals surface area (Å²) in [6.45, 7) is 2.42. The molecular weight excluding hydrogens is 985 g/mol. The normalized spacial score (nSPS) is 12.9. The van der Waals surface area contributed by atoms with Crippen LogP contribution in [0, 0.1) is 0 Å². The number of methoxy groups -OCH3 is 1. The van der Waals surface area contributed by atoms with Gasteiger partial charge in [-0.05, 0) is 65.8 Å². The molecule has 15 heteroatoms. The number of nitrogens with one attached hydrogen (secondary N) is 4. The van der Waals surface area contributed by atoms with Gasteiger partial charge in [-0.2, -0.15) is 0 Å². The van der Waals surface area contributed by atoms with E-state index in [2.05, 4.69) is 62.4 Å². The number of carbonyl (C=O) groups excluding carboxylic acids is 5. The Hall–Kier alpha value is -7.46. The van der Waals surface area contributed by atoms with Gasteiger partial charge >= 0.3 is 11.9 Å². The molecule has 0 aromatic heterocycles. The highest BCUT2D eigenvalue weighted by Crippen LogP contribution is 2.50. The molecule has 0 aliphatic carbocycles. The molecule has 0 aliphatic rings. The summed E-state index contributed by atoms with van der Waals surface area (Å²) in [6, 6.07) is 57.0. The van der Waals surface area contributed by atoms with E-state index < -0.39 is 88.2 Å². The van der Waals surface area contributed by atoms with Crippen molar-refractivity contribution in [1.29, 1.82) is 0 Å². The fraction of sp³-hybridized carbons (Fsp3) is 0.267. The largest absolute Gasteiger partial charge is 0.481 e. The van der Waals surface area contributed by atoms with Gasteiger partial charge in [-0.1, -0.05) is 194 Å². The van der Waals surface area contributed by atoms with Crippen LogP contribution in [-0.4, -0.2) is 94.7 Å². The van der Waals surface area contributed by atoms with E-state index in [1.54, 1.807) is 11.8 Å². The van der Waals surface area contributed by atoms with Gasteiger partial charge in [0, 0.05) is 12.2 Å². The molecule has 0 saturated heterocycles. The highest BCUT2D eigenvalue weighted by atomic mass is 32.2. The van der Waals surface area contributed by atoms with Crippen molar-refractivity contribution in [1.82, 2.24) is 21.3 Å². The number of aliphatic hydroxyl groups excluding tert-OH is 1. The Bertz CT molecular complexity index is 2630. The third-order valence-electron chi connectivity index (χ3n) is 12.5. The second kappa shape index (κ2) is 27.7. The van der Waals surface area contributed by atoms with Crippen molar-refractivity contribution in [2.24, 2.45) is 0 Å². The number of allylic oxidation sites excluding steroid dienone is 1. The number of hydrogen-bond acceptors (Lipinski definition) is 10. The van der Waals surface area contributed by atoms with Gasteiger partial charge in [0.25, 0.3) is 0 Å². The molecule has 390 valence electrons. The molecule has 0 fully saturated rings. The number of carboxylic acids is 1. The summed E-state index contributed by atoms with van der Waals surface area (Å²) in [4.78, 5) is 79.8. The number of benzene rings is 6. The van der Waals surface area contributed by atoms with Gasteiger partial charge in [-0.3, -0.25) is 28.8 Å². The molecule has 4 amide bonds. The standard InChI is InChI=1S/C60H64N4O9S2/c1-58(2,57(72)61-41-54(69)73-3)64-56(71)51(42-75-60(46-30-16-7-17-31-46,47-32-18-8-19-33-47)48-34-20-9-21-35-48)63-55(70)50(37-38-53(67)68)62-52(66)40-49(65)36-22-23-39-74-59(43-24-10-4-11-25-43,44-26-12-5-13-27-44)45-28-14-6-15-29-45/h4-22,24-36,49-51,65H,23,37-42H2,1-3H3,(H,61,72)(H,62,66)(H,63,70)(H,64,71)(H,67,68)/b36-22+/t49-,50-,51-/m1/s1. The molecule has 0 heterocycles. The SMILES string of the molecule is COC(=O)CNC(=O)C(C)(C)NC(=O)[C@@H](CSC(c1ccccc1)(c1ccccc1)c1ccccc1)NC(=O)[C@@H](CCC(=O)O)NC(=O)C[C@H](O)/C=C/CCSC(c1ccccc1)(c1ccccc1)c1ccccc1. The zero-order valence-electron chi connectivity index (χ0n) is 42.2. The van der Waals surface area contributed by atoms with Crippen LogP contribution in [0.15, 0.2) is 194 Å². The number of aliphatic carboxylic acids is 1. The quantitative estimate of drug-likeness (QED) is 0.0126. The number of rotatable bonds is 27. The van der Waals surface area contributed by atoms with Crippen molar-refractivity contribution in [3.63, 3.8) is 0 Å². The predicted molar refractivity (Wildman–Crippen MR) is 296 cm³/mol. The third-order valence-corrected chi connectivity index (χ3v) is 15.7. The van der Waals surface area contributed by atoms with E-state index in [0.717, 1.165) is 33.4 Å². The average Bonchev–Trinajstić information content (AvgIpc) is 3.44. The first-order chi connectivity index (χ1) is 36.2. The molecule has 0 aliphatic heterocycles. The molecule has 6 aromatic carbocycles. The lowest BCUT2D eigenvalue weighted by atomic mass is 9.84. The Morgan fingerprint density at radius 2 is 1.00 bits per heavy atom. The summed E-state index contributed by atoms with van der Waals surface area (Å²) in [5.74, 6) is -4.43. The van der Waals surface area contributed by atoms with E-state index in [0.29, 0.717) is 12.2 Å². The van der Waals surface area contributed by atoms with Gasteiger partial charge < -0.3 is 36.2 Å². The van der Waals surface area contributed by atoms with Crippen molar-refractivity contribution in [2.75, 3.05) is 25.2 Å². The van der Waals surface area contributed by atoms with Crippen molar-refractivity contribution in [3.8, 4) is 0 Å². The van der Waals surface area contributed by atoms with Crippen LogP contribution in [0.1, 0.15) is 72.9 Å². The lowest BCUT2D eigenvalue weighted by Gasteiger charge is -2.37. The Morgan fingerprint density at radius 3 is 1.40 bits per heavy atom. The second-order valence-electron chi connectivity index (χ2n) is 18.2. The molecule has 0 saturated carbocycles. The van der Waals surface area contributed by atoms with Crippen molar-refractivity contribution >= 4 is 59.1 Å². The maximum Gasteiger partial charge on any atom is 0.325 e. The number of amides is 4. The van der Waals surface area contributed by atoms with Gasteiger partial charge in [0.1, 0.15) is 24.2 Å². The minimum atomic E-state index is -1.61. The van der Waals surface area contributed by atoms with Gasteiger partial charge in [0.05, 0.1) is 29.1 Å². The Labute approximate surface area is 447 Å². The molecule has 13 nitrogen and oxygen atoms in total. The minimum absolute atomic E-state index is 0.0966. The molecule has 6 rings (SSSR count). The van der Waals surface area contributed by atoms with Crippen LogP contribution in [0.4, 0.5) is 0 Å². The first kappa shape index (κ1) is 56.8. The van der Waals surface area contributed by atoms with Crippen LogP contribution in [0.2, 0.25) is 0 Å². The number of ether oxygens (including phenoxy) is 1. The van der Waals surface area contributed by atoms with Crippen LogP contribution >= 0.6 is 23.5 Å². The van der Waals surface area contributed by atoms with Crippen LogP contribution in [0.5, 0.6) is 0 Å². The zero-order valence-corrected chi connectivity index (χ0v) is 43.9. The number of thioether (sulfide) groups is 2. The predicted octanol–water partition coefficient (Wildman–Crippen LogP) is 8.15. The van der Waals surface area contributed by atoms with Crippen molar-refractivity contribution < 1.29 is 43.7 Å². The summed E-state index contributed by atoms with van der Waals surface area (Å²) >= 11 is 3.12. The van der Waals surface area contributed by atoms with E-state index >= 15 is 0 Å². The molecule has 3 atom stereocenters. The van der Waals surface area contributed by atoms with Gasteiger partial charge in [-0.25, -0.2) is 0 Å². The van der Waals surface area contributed by atoms with Crippen molar-refractivity contribution in [3.05, 3.63) is 228 Å². The molecule has 0 radical (unpaired) electrons. The lowest BCUT2D eigenvalue weighted by molar-refractivity contribution is -0.142. The first-order valence-corrected chi connectivity index (χ1v) is 26.6. The fourth-order valence-corrected chi connectivity index (χ4v) is 11.7. The van der Waals surface area contributed by atoms with Crippen LogP contribution in [0.25, 0.3) is 0 Å².